The summed E-state index contributed by atoms with van der Waals surface area (Å²) in [6, 6.07) is 8.00. The van der Waals surface area contributed by atoms with E-state index in [1.54, 1.807) is 24.3 Å². The highest BCUT2D eigenvalue weighted by Gasteiger charge is 2.17. The molecule has 0 unspecified atom stereocenters. The molecule has 0 saturated heterocycles. The van der Waals surface area contributed by atoms with Gasteiger partial charge < -0.3 is 13.6 Å². The van der Waals surface area contributed by atoms with E-state index in [0.29, 0.717) is 16.5 Å². The molecule has 2 aromatic heterocycles. The quantitative estimate of drug-likeness (QED) is 0.793. The monoisotopic (exact) mass is 319 g/mol. The predicted molar refractivity (Wildman–Crippen MR) is 78.0 cm³/mol. The number of nitrogens with zero attached hydrogens (tertiary/aromatic N) is 2. The Morgan fingerprint density at radius 3 is 2.91 bits per heavy atom. The van der Waals surface area contributed by atoms with E-state index >= 15 is 0 Å². The van der Waals surface area contributed by atoms with Crippen LogP contribution in [0.3, 0.4) is 0 Å². The maximum Gasteiger partial charge on any atom is 0.322 e. The number of carbonyl (C=O) groups excluding carboxylic acids is 1. The van der Waals surface area contributed by atoms with Gasteiger partial charge in [0, 0.05) is 5.02 Å². The van der Waals surface area contributed by atoms with Gasteiger partial charge in [-0.3, -0.25) is 10.1 Å². The van der Waals surface area contributed by atoms with Gasteiger partial charge in [0.1, 0.15) is 5.75 Å². The zero-order chi connectivity index (χ0) is 15.5. The van der Waals surface area contributed by atoms with Crippen molar-refractivity contribution < 1.29 is 18.4 Å². The molecule has 0 radical (unpaired) electrons. The molecule has 0 spiro atoms. The molecule has 3 aromatic rings. The lowest BCUT2D eigenvalue weighted by molar-refractivity contribution is 0.102. The van der Waals surface area contributed by atoms with E-state index < -0.39 is 5.91 Å². The summed E-state index contributed by atoms with van der Waals surface area (Å²) in [5.74, 6) is 0.480. The first-order valence-electron chi connectivity index (χ1n) is 6.19. The lowest BCUT2D eigenvalue weighted by Gasteiger charge is -2.07. The van der Waals surface area contributed by atoms with E-state index in [-0.39, 0.29) is 17.5 Å². The zero-order valence-electron chi connectivity index (χ0n) is 11.4. The molecule has 0 fully saturated rings. The fourth-order valence-corrected chi connectivity index (χ4v) is 1.97. The van der Waals surface area contributed by atoms with Crippen LogP contribution in [0.1, 0.15) is 10.4 Å². The Morgan fingerprint density at radius 2 is 2.18 bits per heavy atom. The second-order valence-corrected chi connectivity index (χ2v) is 4.62. The largest absolute Gasteiger partial charge is 0.496 e. The van der Waals surface area contributed by atoms with Gasteiger partial charge in [0.25, 0.3) is 11.8 Å². The molecule has 2 heterocycles. The molecule has 8 heteroatoms. The minimum absolute atomic E-state index is 0.0570. The number of carbonyl (C=O) groups is 1. The van der Waals surface area contributed by atoms with Crippen LogP contribution in [-0.2, 0) is 0 Å². The molecule has 0 aliphatic heterocycles. The van der Waals surface area contributed by atoms with Crippen molar-refractivity contribution in [3.8, 4) is 17.4 Å². The number of furan rings is 1. The van der Waals surface area contributed by atoms with Crippen molar-refractivity contribution in [3.05, 3.63) is 47.2 Å². The SMILES string of the molecule is COc1ccc(Cl)cc1C(=O)Nc1nnc(-c2ccco2)o1. The zero-order valence-corrected chi connectivity index (χ0v) is 12.1. The van der Waals surface area contributed by atoms with Gasteiger partial charge in [-0.05, 0) is 30.3 Å². The standard InChI is InChI=1S/C14H10ClN3O4/c1-20-10-5-4-8(15)7-9(10)12(19)16-14-18-17-13(22-14)11-3-2-6-21-11/h2-7H,1H3,(H,16,18,19). The molecular formula is C14H10ClN3O4. The first-order valence-corrected chi connectivity index (χ1v) is 6.57. The van der Waals surface area contributed by atoms with Crippen LogP contribution in [-0.4, -0.2) is 23.2 Å². The van der Waals surface area contributed by atoms with E-state index in [1.165, 1.54) is 19.4 Å². The Kier molecular flexibility index (Phi) is 3.80. The Balaban J connectivity index is 1.82. The second kappa shape index (κ2) is 5.90. The van der Waals surface area contributed by atoms with Crippen LogP contribution >= 0.6 is 11.6 Å². The van der Waals surface area contributed by atoms with Crippen LogP contribution in [0.25, 0.3) is 11.7 Å². The molecule has 3 rings (SSSR count). The second-order valence-electron chi connectivity index (χ2n) is 4.19. The van der Waals surface area contributed by atoms with Gasteiger partial charge in [0.05, 0.1) is 18.9 Å². The van der Waals surface area contributed by atoms with Crippen molar-refractivity contribution in [1.82, 2.24) is 10.2 Å². The van der Waals surface area contributed by atoms with Gasteiger partial charge in [-0.15, -0.1) is 5.10 Å². The molecule has 1 amide bonds. The van der Waals surface area contributed by atoms with Crippen LogP contribution in [0.15, 0.2) is 45.4 Å². The summed E-state index contributed by atoms with van der Waals surface area (Å²) in [6.45, 7) is 0. The number of rotatable bonds is 4. The molecule has 22 heavy (non-hydrogen) atoms. The van der Waals surface area contributed by atoms with Crippen molar-refractivity contribution in [2.75, 3.05) is 12.4 Å². The highest BCUT2D eigenvalue weighted by Crippen LogP contribution is 2.24. The molecule has 0 bridgehead atoms. The van der Waals surface area contributed by atoms with Gasteiger partial charge in [-0.25, -0.2) is 0 Å². The molecule has 1 aromatic carbocycles. The topological polar surface area (TPSA) is 90.4 Å². The summed E-state index contributed by atoms with van der Waals surface area (Å²) in [5, 5.41) is 10.4. The fraction of sp³-hybridized carbons (Fsp3) is 0.0714. The Bertz CT molecular complexity index is 798. The van der Waals surface area contributed by atoms with Gasteiger partial charge in [-0.2, -0.15) is 0 Å². The third-order valence-corrected chi connectivity index (χ3v) is 3.02. The van der Waals surface area contributed by atoms with E-state index in [9.17, 15) is 4.79 Å². The maximum atomic E-state index is 12.2. The van der Waals surface area contributed by atoms with Crippen LogP contribution in [0, 0.1) is 0 Å². The number of hydrogen-bond donors (Lipinski definition) is 1. The summed E-state index contributed by atoms with van der Waals surface area (Å²) in [5.41, 5.74) is 0.257. The van der Waals surface area contributed by atoms with Crippen LogP contribution in [0.4, 0.5) is 6.01 Å². The Labute approximate surface area is 129 Å². The summed E-state index contributed by atoms with van der Waals surface area (Å²) < 4.78 is 15.6. The molecular weight excluding hydrogens is 310 g/mol. The average Bonchev–Trinajstić information content (AvgIpc) is 3.17. The van der Waals surface area contributed by atoms with Crippen molar-refractivity contribution in [3.63, 3.8) is 0 Å². The summed E-state index contributed by atoms with van der Waals surface area (Å²) in [4.78, 5) is 12.2. The van der Waals surface area contributed by atoms with E-state index in [2.05, 4.69) is 15.5 Å². The summed E-state index contributed by atoms with van der Waals surface area (Å²) in [7, 11) is 1.46. The normalized spacial score (nSPS) is 10.5. The number of hydrogen-bond acceptors (Lipinski definition) is 6. The fourth-order valence-electron chi connectivity index (χ4n) is 1.80. The lowest BCUT2D eigenvalue weighted by Crippen LogP contribution is -2.13. The molecule has 1 N–H and O–H groups in total. The van der Waals surface area contributed by atoms with Gasteiger partial charge in [0.15, 0.2) is 5.76 Å². The van der Waals surface area contributed by atoms with Crippen LogP contribution in [0.5, 0.6) is 5.75 Å². The number of ether oxygens (including phenoxy) is 1. The third-order valence-electron chi connectivity index (χ3n) is 2.78. The van der Waals surface area contributed by atoms with Crippen molar-refractivity contribution in [1.29, 1.82) is 0 Å². The molecule has 7 nitrogen and oxygen atoms in total. The number of nitrogens with one attached hydrogen (secondary N) is 1. The van der Waals surface area contributed by atoms with Crippen molar-refractivity contribution in [2.24, 2.45) is 0 Å². The minimum atomic E-state index is -0.478. The Morgan fingerprint density at radius 1 is 1.32 bits per heavy atom. The number of anilines is 1. The number of halogens is 1. The van der Waals surface area contributed by atoms with Crippen LogP contribution < -0.4 is 10.1 Å². The van der Waals surface area contributed by atoms with Crippen molar-refractivity contribution >= 4 is 23.5 Å². The number of aromatic nitrogens is 2. The first-order chi connectivity index (χ1) is 10.7. The van der Waals surface area contributed by atoms with E-state index in [0.717, 1.165) is 0 Å². The highest BCUT2D eigenvalue weighted by atomic mass is 35.5. The molecule has 112 valence electrons. The van der Waals surface area contributed by atoms with E-state index in [4.69, 9.17) is 25.2 Å². The number of benzene rings is 1. The number of methoxy groups -OCH3 is 1. The first kappa shape index (κ1) is 14.2. The Hall–Kier alpha value is -2.80. The minimum Gasteiger partial charge on any atom is -0.496 e. The molecule has 0 aliphatic carbocycles. The van der Waals surface area contributed by atoms with E-state index in [1.807, 2.05) is 0 Å². The maximum absolute atomic E-state index is 12.2. The van der Waals surface area contributed by atoms with Crippen LogP contribution in [0.2, 0.25) is 5.02 Å². The lowest BCUT2D eigenvalue weighted by atomic mass is 10.2. The molecule has 0 saturated carbocycles. The van der Waals surface area contributed by atoms with Gasteiger partial charge in [0.2, 0.25) is 0 Å². The molecule has 0 atom stereocenters. The average molecular weight is 320 g/mol. The smallest absolute Gasteiger partial charge is 0.322 e. The van der Waals surface area contributed by atoms with Crippen molar-refractivity contribution in [2.45, 2.75) is 0 Å². The van der Waals surface area contributed by atoms with Gasteiger partial charge in [-0.1, -0.05) is 16.7 Å². The van der Waals surface area contributed by atoms with Gasteiger partial charge >= 0.3 is 6.01 Å². The molecule has 0 aliphatic rings. The number of amides is 1. The summed E-state index contributed by atoms with van der Waals surface area (Å²) in [6.07, 6.45) is 1.48. The predicted octanol–water partition coefficient (Wildman–Crippen LogP) is 3.24. The highest BCUT2D eigenvalue weighted by molar-refractivity contribution is 6.31. The summed E-state index contributed by atoms with van der Waals surface area (Å²) >= 11 is 5.89. The third kappa shape index (κ3) is 2.79.